The summed E-state index contributed by atoms with van der Waals surface area (Å²) >= 11 is 3.42. The Kier molecular flexibility index (Phi) is 5.24. The molecule has 0 aliphatic carbocycles. The Morgan fingerprint density at radius 2 is 1.81 bits per heavy atom. The number of hydrogen-bond acceptors (Lipinski definition) is 4. The van der Waals surface area contributed by atoms with Crippen molar-refractivity contribution in [3.05, 3.63) is 57.2 Å². The van der Waals surface area contributed by atoms with Crippen LogP contribution in [0.15, 0.2) is 52.3 Å². The Labute approximate surface area is 139 Å². The molecule has 0 bridgehead atoms. The predicted molar refractivity (Wildman–Crippen MR) is 88.0 cm³/mol. The summed E-state index contributed by atoms with van der Waals surface area (Å²) in [4.78, 5) is 24.1. The summed E-state index contributed by atoms with van der Waals surface area (Å²) in [7, 11) is 1.33. The Balaban J connectivity index is 2.26. The molecule has 1 N–H and O–H groups in total. The summed E-state index contributed by atoms with van der Waals surface area (Å²) < 4.78 is 5.50. The molecule has 6 heteroatoms. The van der Waals surface area contributed by atoms with Crippen LogP contribution >= 0.6 is 34.4 Å². The summed E-state index contributed by atoms with van der Waals surface area (Å²) in [5.41, 5.74) is 0.729. The number of rotatable bonds is 4. The Morgan fingerprint density at radius 3 is 2.38 bits per heavy atom. The molecular weight excluding hydrogens is 403 g/mol. The fraction of sp³-hybridized carbons (Fsp3) is 0.0667. The third kappa shape index (κ3) is 3.98. The lowest BCUT2D eigenvalue weighted by molar-refractivity contribution is 0.0599. The van der Waals surface area contributed by atoms with E-state index in [1.165, 1.54) is 18.9 Å². The number of carbonyl (C=O) groups excluding carboxylic acids is 1. The molecule has 0 saturated carbocycles. The SMILES string of the molecule is COC(=O)c1ccc(Sc2ccc(I)cc2C(=O)O)cc1. The fourth-order valence-corrected chi connectivity index (χ4v) is 3.07. The van der Waals surface area contributed by atoms with Gasteiger partial charge in [0.05, 0.1) is 18.2 Å². The number of carboxylic acids is 1. The van der Waals surface area contributed by atoms with Gasteiger partial charge in [0.25, 0.3) is 0 Å². The summed E-state index contributed by atoms with van der Waals surface area (Å²) in [5.74, 6) is -1.35. The second kappa shape index (κ2) is 6.95. The minimum atomic E-state index is -0.956. The van der Waals surface area contributed by atoms with Crippen LogP contribution in [0.1, 0.15) is 20.7 Å². The van der Waals surface area contributed by atoms with Gasteiger partial charge in [-0.25, -0.2) is 9.59 Å². The van der Waals surface area contributed by atoms with Gasteiger partial charge in [-0.3, -0.25) is 0 Å². The minimum absolute atomic E-state index is 0.268. The first-order chi connectivity index (χ1) is 10.0. The first-order valence-corrected chi connectivity index (χ1v) is 7.80. The molecule has 21 heavy (non-hydrogen) atoms. The first-order valence-electron chi connectivity index (χ1n) is 5.90. The molecule has 0 unspecified atom stereocenters. The van der Waals surface area contributed by atoms with Crippen LogP contribution in [0.4, 0.5) is 0 Å². The number of carbonyl (C=O) groups is 2. The normalized spacial score (nSPS) is 10.2. The number of hydrogen-bond donors (Lipinski definition) is 1. The van der Waals surface area contributed by atoms with E-state index in [1.54, 1.807) is 36.4 Å². The molecule has 2 rings (SSSR count). The highest BCUT2D eigenvalue weighted by molar-refractivity contribution is 14.1. The number of aromatic carboxylic acids is 1. The lowest BCUT2D eigenvalue weighted by atomic mass is 10.2. The second-order valence-electron chi connectivity index (χ2n) is 4.06. The molecule has 0 amide bonds. The summed E-state index contributed by atoms with van der Waals surface area (Å²) in [6.45, 7) is 0. The number of benzene rings is 2. The van der Waals surface area contributed by atoms with Crippen molar-refractivity contribution in [1.82, 2.24) is 0 Å². The Bertz CT molecular complexity index is 683. The standard InChI is InChI=1S/C15H11IO4S/c1-20-15(19)9-2-5-11(6-3-9)21-13-7-4-10(16)8-12(13)14(17)18/h2-8H,1H3,(H,17,18). The first kappa shape index (κ1) is 15.8. The van der Waals surface area contributed by atoms with E-state index in [2.05, 4.69) is 27.3 Å². The monoisotopic (exact) mass is 414 g/mol. The van der Waals surface area contributed by atoms with Crippen molar-refractivity contribution >= 4 is 46.3 Å². The van der Waals surface area contributed by atoms with Crippen LogP contribution < -0.4 is 0 Å². The third-order valence-electron chi connectivity index (χ3n) is 2.68. The van der Waals surface area contributed by atoms with Crippen molar-refractivity contribution in [2.75, 3.05) is 7.11 Å². The maximum Gasteiger partial charge on any atom is 0.337 e. The molecule has 0 aliphatic rings. The zero-order valence-corrected chi connectivity index (χ0v) is 14.0. The molecule has 0 radical (unpaired) electrons. The van der Waals surface area contributed by atoms with Crippen molar-refractivity contribution in [1.29, 1.82) is 0 Å². The van der Waals surface area contributed by atoms with Crippen molar-refractivity contribution in [3.63, 3.8) is 0 Å². The van der Waals surface area contributed by atoms with Crippen molar-refractivity contribution in [2.24, 2.45) is 0 Å². The van der Waals surface area contributed by atoms with Crippen molar-refractivity contribution in [2.45, 2.75) is 9.79 Å². The molecule has 0 atom stereocenters. The smallest absolute Gasteiger partial charge is 0.337 e. The summed E-state index contributed by atoms with van der Waals surface area (Å²) in [5, 5.41) is 9.24. The van der Waals surface area contributed by atoms with Crippen LogP contribution in [-0.2, 0) is 4.74 Å². The lowest BCUT2D eigenvalue weighted by Crippen LogP contribution is -2.00. The van der Waals surface area contributed by atoms with E-state index in [-0.39, 0.29) is 5.56 Å². The molecule has 0 heterocycles. The van der Waals surface area contributed by atoms with E-state index in [4.69, 9.17) is 0 Å². The van der Waals surface area contributed by atoms with Crippen LogP contribution in [-0.4, -0.2) is 24.2 Å². The van der Waals surface area contributed by atoms with Crippen LogP contribution in [0.2, 0.25) is 0 Å². The molecule has 0 aromatic heterocycles. The van der Waals surface area contributed by atoms with Gasteiger partial charge in [0.2, 0.25) is 0 Å². The summed E-state index contributed by atoms with van der Waals surface area (Å²) in [6.07, 6.45) is 0. The van der Waals surface area contributed by atoms with E-state index in [0.29, 0.717) is 10.5 Å². The van der Waals surface area contributed by atoms with Gasteiger partial charge in [-0.2, -0.15) is 0 Å². The average molecular weight is 414 g/mol. The molecule has 108 valence electrons. The van der Waals surface area contributed by atoms with Gasteiger partial charge < -0.3 is 9.84 Å². The van der Waals surface area contributed by atoms with Gasteiger partial charge in [-0.05, 0) is 65.1 Å². The van der Waals surface area contributed by atoms with Crippen molar-refractivity contribution in [3.8, 4) is 0 Å². The lowest BCUT2D eigenvalue weighted by Gasteiger charge is -2.07. The van der Waals surface area contributed by atoms with Gasteiger partial charge in [-0.15, -0.1) is 0 Å². The van der Waals surface area contributed by atoms with E-state index < -0.39 is 11.9 Å². The fourth-order valence-electron chi connectivity index (χ4n) is 1.66. The quantitative estimate of drug-likeness (QED) is 0.607. The Hall–Kier alpha value is -1.54. The van der Waals surface area contributed by atoms with Crippen LogP contribution in [0.5, 0.6) is 0 Å². The number of esters is 1. The highest BCUT2D eigenvalue weighted by atomic mass is 127. The number of carboxylic acid groups (broad SMARTS) is 1. The average Bonchev–Trinajstić information content (AvgIpc) is 2.49. The largest absolute Gasteiger partial charge is 0.478 e. The molecule has 2 aromatic rings. The molecule has 0 fully saturated rings. The van der Waals surface area contributed by atoms with E-state index >= 15 is 0 Å². The van der Waals surface area contributed by atoms with Gasteiger partial charge >= 0.3 is 11.9 Å². The van der Waals surface area contributed by atoms with E-state index in [1.807, 2.05) is 6.07 Å². The Morgan fingerprint density at radius 1 is 1.14 bits per heavy atom. The topological polar surface area (TPSA) is 63.6 Å². The van der Waals surface area contributed by atoms with E-state index in [9.17, 15) is 14.7 Å². The molecule has 0 spiro atoms. The van der Waals surface area contributed by atoms with Gasteiger partial charge in [0, 0.05) is 13.4 Å². The molecule has 2 aromatic carbocycles. The van der Waals surface area contributed by atoms with Gasteiger partial charge in [0.15, 0.2) is 0 Å². The number of methoxy groups -OCH3 is 1. The minimum Gasteiger partial charge on any atom is -0.478 e. The predicted octanol–water partition coefficient (Wildman–Crippen LogP) is 3.93. The maximum absolute atomic E-state index is 11.4. The second-order valence-corrected chi connectivity index (χ2v) is 6.42. The highest BCUT2D eigenvalue weighted by Crippen LogP contribution is 2.31. The third-order valence-corrected chi connectivity index (χ3v) is 4.43. The van der Waals surface area contributed by atoms with Gasteiger partial charge in [0.1, 0.15) is 0 Å². The van der Waals surface area contributed by atoms with Crippen molar-refractivity contribution < 1.29 is 19.4 Å². The molecule has 0 saturated heterocycles. The maximum atomic E-state index is 11.4. The van der Waals surface area contributed by atoms with E-state index in [0.717, 1.165) is 8.47 Å². The van der Waals surface area contributed by atoms with Gasteiger partial charge in [-0.1, -0.05) is 11.8 Å². The van der Waals surface area contributed by atoms with Crippen LogP contribution in [0.3, 0.4) is 0 Å². The molecular formula is C15H11IO4S. The van der Waals surface area contributed by atoms with Crippen LogP contribution in [0, 0.1) is 3.57 Å². The zero-order chi connectivity index (χ0) is 15.4. The zero-order valence-electron chi connectivity index (χ0n) is 11.0. The summed E-state index contributed by atoms with van der Waals surface area (Å²) in [6, 6.07) is 12.1. The molecule has 0 aliphatic heterocycles. The van der Waals surface area contributed by atoms with Crippen LogP contribution in [0.25, 0.3) is 0 Å². The molecule has 4 nitrogen and oxygen atoms in total. The number of halogens is 1. The number of ether oxygens (including phenoxy) is 1. The highest BCUT2D eigenvalue weighted by Gasteiger charge is 2.12.